The van der Waals surface area contributed by atoms with E-state index in [0.717, 1.165) is 25.2 Å². The van der Waals surface area contributed by atoms with Crippen molar-refractivity contribution >= 4 is 11.8 Å². The monoisotopic (exact) mass is 222 g/mol. The number of aromatic nitrogens is 2. The van der Waals surface area contributed by atoms with Crippen LogP contribution in [0.2, 0.25) is 0 Å². The molecule has 5 nitrogen and oxygen atoms in total. The number of hydrogen-bond acceptors (Lipinski definition) is 5. The van der Waals surface area contributed by atoms with Crippen molar-refractivity contribution in [3.63, 3.8) is 0 Å². The van der Waals surface area contributed by atoms with Gasteiger partial charge in [0.05, 0.1) is 5.60 Å². The molecule has 0 saturated carbocycles. The van der Waals surface area contributed by atoms with E-state index in [0.29, 0.717) is 12.5 Å². The van der Waals surface area contributed by atoms with Crippen LogP contribution in [0.4, 0.5) is 11.8 Å². The Bertz CT molecular complexity index is 367. The zero-order valence-electron chi connectivity index (χ0n) is 9.77. The summed E-state index contributed by atoms with van der Waals surface area (Å²) in [6.45, 7) is 3.45. The van der Waals surface area contributed by atoms with Gasteiger partial charge in [-0.2, -0.15) is 4.98 Å². The van der Waals surface area contributed by atoms with E-state index in [1.165, 1.54) is 0 Å². The van der Waals surface area contributed by atoms with Crippen LogP contribution in [0, 0.1) is 0 Å². The maximum atomic E-state index is 10.0. The van der Waals surface area contributed by atoms with Gasteiger partial charge in [0.1, 0.15) is 5.82 Å². The third-order valence-corrected chi connectivity index (χ3v) is 2.86. The zero-order chi connectivity index (χ0) is 11.6. The lowest BCUT2D eigenvalue weighted by atomic mass is 9.95. The molecule has 1 aromatic heterocycles. The van der Waals surface area contributed by atoms with E-state index in [1.807, 2.05) is 13.0 Å². The molecule has 5 heteroatoms. The van der Waals surface area contributed by atoms with E-state index >= 15 is 0 Å². The fraction of sp³-hybridized carbons (Fsp3) is 0.636. The number of rotatable bonds is 2. The minimum Gasteiger partial charge on any atom is -0.388 e. The molecule has 1 atom stereocenters. The van der Waals surface area contributed by atoms with E-state index in [9.17, 15) is 5.11 Å². The summed E-state index contributed by atoms with van der Waals surface area (Å²) >= 11 is 0. The van der Waals surface area contributed by atoms with Gasteiger partial charge in [0.25, 0.3) is 0 Å². The Morgan fingerprint density at radius 3 is 3.06 bits per heavy atom. The maximum Gasteiger partial charge on any atom is 0.224 e. The highest BCUT2D eigenvalue weighted by Crippen LogP contribution is 2.24. The Morgan fingerprint density at radius 2 is 2.38 bits per heavy atom. The largest absolute Gasteiger partial charge is 0.388 e. The van der Waals surface area contributed by atoms with Gasteiger partial charge in [-0.25, -0.2) is 4.98 Å². The van der Waals surface area contributed by atoms with Gasteiger partial charge in [0, 0.05) is 26.3 Å². The lowest BCUT2D eigenvalue weighted by molar-refractivity contribution is 0.0447. The maximum absolute atomic E-state index is 10.0. The Labute approximate surface area is 95.5 Å². The van der Waals surface area contributed by atoms with Gasteiger partial charge in [0.15, 0.2) is 0 Å². The molecule has 0 aliphatic carbocycles. The quantitative estimate of drug-likeness (QED) is 0.777. The van der Waals surface area contributed by atoms with E-state index in [4.69, 9.17) is 0 Å². The van der Waals surface area contributed by atoms with Gasteiger partial charge in [-0.15, -0.1) is 0 Å². The molecule has 2 N–H and O–H groups in total. The van der Waals surface area contributed by atoms with Gasteiger partial charge < -0.3 is 15.3 Å². The summed E-state index contributed by atoms with van der Waals surface area (Å²) < 4.78 is 0. The smallest absolute Gasteiger partial charge is 0.224 e. The Hall–Kier alpha value is -1.36. The molecule has 2 heterocycles. The van der Waals surface area contributed by atoms with Gasteiger partial charge in [-0.1, -0.05) is 0 Å². The molecule has 16 heavy (non-hydrogen) atoms. The summed E-state index contributed by atoms with van der Waals surface area (Å²) in [5.41, 5.74) is -0.608. The normalized spacial score (nSPS) is 25.6. The van der Waals surface area contributed by atoms with E-state index in [1.54, 1.807) is 13.2 Å². The number of piperidine rings is 1. The van der Waals surface area contributed by atoms with E-state index < -0.39 is 5.60 Å². The molecule has 1 fully saturated rings. The summed E-state index contributed by atoms with van der Waals surface area (Å²) in [6, 6.07) is 1.88. The second-order valence-corrected chi connectivity index (χ2v) is 4.51. The molecule has 0 amide bonds. The minimum absolute atomic E-state index is 0.608. The van der Waals surface area contributed by atoms with Crippen molar-refractivity contribution in [1.29, 1.82) is 0 Å². The number of β-amino-alcohol motifs (C(OH)–C–C–N with tert-alkyl or cyclic N) is 1. The first-order valence-electron chi connectivity index (χ1n) is 5.59. The highest BCUT2D eigenvalue weighted by atomic mass is 16.3. The molecular weight excluding hydrogens is 204 g/mol. The van der Waals surface area contributed by atoms with Crippen LogP contribution in [0.15, 0.2) is 12.3 Å². The molecule has 0 spiro atoms. The molecule has 1 unspecified atom stereocenters. The first-order chi connectivity index (χ1) is 7.61. The summed E-state index contributed by atoms with van der Waals surface area (Å²) in [5, 5.41) is 12.9. The van der Waals surface area contributed by atoms with Crippen molar-refractivity contribution in [2.45, 2.75) is 25.4 Å². The van der Waals surface area contributed by atoms with Crippen LogP contribution in [0.3, 0.4) is 0 Å². The molecular formula is C11H18N4O. The van der Waals surface area contributed by atoms with Crippen molar-refractivity contribution in [3.8, 4) is 0 Å². The molecule has 1 aliphatic rings. The standard InChI is InChI=1S/C11H18N4O/c1-11(16)5-3-7-15(8-11)9-4-6-13-10(12-2)14-9/h4,6,16H,3,5,7-8H2,1-2H3,(H,12,13,14). The second-order valence-electron chi connectivity index (χ2n) is 4.51. The van der Waals surface area contributed by atoms with Crippen LogP contribution in [-0.4, -0.2) is 40.8 Å². The molecule has 1 saturated heterocycles. The van der Waals surface area contributed by atoms with E-state index in [-0.39, 0.29) is 0 Å². The average Bonchev–Trinajstić information content (AvgIpc) is 2.28. The van der Waals surface area contributed by atoms with Crippen LogP contribution < -0.4 is 10.2 Å². The van der Waals surface area contributed by atoms with Crippen molar-refractivity contribution < 1.29 is 5.11 Å². The summed E-state index contributed by atoms with van der Waals surface area (Å²) in [6.07, 6.45) is 3.58. The lowest BCUT2D eigenvalue weighted by Gasteiger charge is -2.37. The van der Waals surface area contributed by atoms with Gasteiger partial charge in [0.2, 0.25) is 5.95 Å². The number of anilines is 2. The molecule has 88 valence electrons. The van der Waals surface area contributed by atoms with Crippen LogP contribution in [-0.2, 0) is 0 Å². The van der Waals surface area contributed by atoms with Crippen LogP contribution in [0.1, 0.15) is 19.8 Å². The molecule has 2 rings (SSSR count). The SMILES string of the molecule is CNc1nccc(N2CCCC(C)(O)C2)n1. The Kier molecular flexibility index (Phi) is 2.96. The predicted octanol–water partition coefficient (Wildman–Crippen LogP) is 0.869. The van der Waals surface area contributed by atoms with Crippen molar-refractivity contribution in [2.75, 3.05) is 30.4 Å². The van der Waals surface area contributed by atoms with Gasteiger partial charge in [-0.3, -0.25) is 0 Å². The highest BCUT2D eigenvalue weighted by Gasteiger charge is 2.29. The van der Waals surface area contributed by atoms with Crippen molar-refractivity contribution in [3.05, 3.63) is 12.3 Å². The molecule has 1 aromatic rings. The van der Waals surface area contributed by atoms with Crippen molar-refractivity contribution in [1.82, 2.24) is 9.97 Å². The number of nitrogens with zero attached hydrogens (tertiary/aromatic N) is 3. The summed E-state index contributed by atoms with van der Waals surface area (Å²) in [4.78, 5) is 10.6. The van der Waals surface area contributed by atoms with Gasteiger partial charge >= 0.3 is 0 Å². The van der Waals surface area contributed by atoms with Crippen LogP contribution in [0.5, 0.6) is 0 Å². The average molecular weight is 222 g/mol. The van der Waals surface area contributed by atoms with Crippen LogP contribution in [0.25, 0.3) is 0 Å². The fourth-order valence-corrected chi connectivity index (χ4v) is 2.06. The first kappa shape index (κ1) is 11.1. The molecule has 0 radical (unpaired) electrons. The second kappa shape index (κ2) is 4.25. The summed E-state index contributed by atoms with van der Waals surface area (Å²) in [5.74, 6) is 1.49. The predicted molar refractivity (Wildman–Crippen MR) is 63.6 cm³/mol. The Balaban J connectivity index is 2.16. The van der Waals surface area contributed by atoms with E-state index in [2.05, 4.69) is 20.2 Å². The number of hydrogen-bond donors (Lipinski definition) is 2. The summed E-state index contributed by atoms with van der Waals surface area (Å²) in [7, 11) is 1.80. The molecule has 0 bridgehead atoms. The molecule has 1 aliphatic heterocycles. The van der Waals surface area contributed by atoms with Gasteiger partial charge in [-0.05, 0) is 25.8 Å². The lowest BCUT2D eigenvalue weighted by Crippen LogP contribution is -2.46. The number of nitrogens with one attached hydrogen (secondary N) is 1. The third-order valence-electron chi connectivity index (χ3n) is 2.86. The third kappa shape index (κ3) is 2.41. The highest BCUT2D eigenvalue weighted by molar-refractivity contribution is 5.43. The first-order valence-corrected chi connectivity index (χ1v) is 5.59. The Morgan fingerprint density at radius 1 is 1.56 bits per heavy atom. The minimum atomic E-state index is -0.608. The zero-order valence-corrected chi connectivity index (χ0v) is 9.77. The number of aliphatic hydroxyl groups is 1. The fourth-order valence-electron chi connectivity index (χ4n) is 2.06. The molecule has 0 aromatic carbocycles. The van der Waals surface area contributed by atoms with Crippen molar-refractivity contribution in [2.24, 2.45) is 0 Å². The topological polar surface area (TPSA) is 61.3 Å². The van der Waals surface area contributed by atoms with Crippen LogP contribution >= 0.6 is 0 Å².